The smallest absolute Gasteiger partial charge is 0.223 e. The molecule has 0 amide bonds. The van der Waals surface area contributed by atoms with E-state index in [2.05, 4.69) is 15.3 Å². The summed E-state index contributed by atoms with van der Waals surface area (Å²) in [5.41, 5.74) is 5.81. The van der Waals surface area contributed by atoms with Crippen LogP contribution in [-0.2, 0) is 5.54 Å². The number of aliphatic hydroxyl groups excluding tert-OH is 1. The van der Waals surface area contributed by atoms with Gasteiger partial charge in [0.25, 0.3) is 0 Å². The van der Waals surface area contributed by atoms with E-state index < -0.39 is 5.54 Å². The first-order valence-electron chi connectivity index (χ1n) is 5.78. The summed E-state index contributed by atoms with van der Waals surface area (Å²) in [5.74, 6) is 0.557. The first-order chi connectivity index (χ1) is 9.03. The quantitative estimate of drug-likeness (QED) is 0.745. The number of hydrogen-bond donors (Lipinski definition) is 3. The van der Waals surface area contributed by atoms with Gasteiger partial charge in [0.15, 0.2) is 0 Å². The van der Waals surface area contributed by atoms with Crippen LogP contribution in [0.25, 0.3) is 0 Å². The molecule has 1 heterocycles. The van der Waals surface area contributed by atoms with Crippen molar-refractivity contribution in [1.82, 2.24) is 9.97 Å². The van der Waals surface area contributed by atoms with E-state index >= 15 is 0 Å². The lowest BCUT2D eigenvalue weighted by molar-refractivity contribution is 0.223. The second-order valence-electron chi connectivity index (χ2n) is 4.42. The van der Waals surface area contributed by atoms with Crippen molar-refractivity contribution in [3.8, 4) is 0 Å². The second kappa shape index (κ2) is 5.42. The SMILES string of the molecule is CC(CO)(Nc1cc(Cl)nc(N)n1)c1ccccc1. The summed E-state index contributed by atoms with van der Waals surface area (Å²) >= 11 is 5.83. The summed E-state index contributed by atoms with van der Waals surface area (Å²) in [6, 6.07) is 11.2. The van der Waals surface area contributed by atoms with Gasteiger partial charge < -0.3 is 16.2 Å². The van der Waals surface area contributed by atoms with Gasteiger partial charge in [-0.25, -0.2) is 4.98 Å². The first kappa shape index (κ1) is 13.6. The van der Waals surface area contributed by atoms with Gasteiger partial charge in [-0.05, 0) is 12.5 Å². The first-order valence-corrected chi connectivity index (χ1v) is 6.16. The summed E-state index contributed by atoms with van der Waals surface area (Å²) in [6.45, 7) is 1.77. The molecule has 0 radical (unpaired) electrons. The molecule has 2 aromatic rings. The van der Waals surface area contributed by atoms with Gasteiger partial charge in [-0.3, -0.25) is 0 Å². The zero-order valence-corrected chi connectivity index (χ0v) is 11.2. The zero-order valence-electron chi connectivity index (χ0n) is 10.5. The normalized spacial score (nSPS) is 13.8. The predicted molar refractivity (Wildman–Crippen MR) is 76.0 cm³/mol. The lowest BCUT2D eigenvalue weighted by Gasteiger charge is -2.30. The minimum atomic E-state index is -0.675. The molecule has 0 saturated carbocycles. The summed E-state index contributed by atoms with van der Waals surface area (Å²) in [4.78, 5) is 7.84. The lowest BCUT2D eigenvalue weighted by atomic mass is 9.93. The van der Waals surface area contributed by atoms with Crippen LogP contribution in [0.1, 0.15) is 12.5 Å². The summed E-state index contributed by atoms with van der Waals surface area (Å²) in [5, 5.41) is 13.1. The van der Waals surface area contributed by atoms with Gasteiger partial charge >= 0.3 is 0 Å². The number of aromatic nitrogens is 2. The number of hydrogen-bond acceptors (Lipinski definition) is 5. The highest BCUT2D eigenvalue weighted by Crippen LogP contribution is 2.25. The number of nitrogens with two attached hydrogens (primary N) is 1. The van der Waals surface area contributed by atoms with Gasteiger partial charge in [-0.15, -0.1) is 0 Å². The van der Waals surface area contributed by atoms with Crippen molar-refractivity contribution in [1.29, 1.82) is 0 Å². The Labute approximate surface area is 116 Å². The van der Waals surface area contributed by atoms with Crippen molar-refractivity contribution >= 4 is 23.4 Å². The Hall–Kier alpha value is -1.85. The molecule has 2 rings (SSSR count). The molecular weight excluding hydrogens is 264 g/mol. The summed E-state index contributed by atoms with van der Waals surface area (Å²) < 4.78 is 0. The number of rotatable bonds is 4. The molecule has 100 valence electrons. The van der Waals surface area contributed by atoms with Crippen molar-refractivity contribution in [3.63, 3.8) is 0 Å². The van der Waals surface area contributed by atoms with Gasteiger partial charge in [0, 0.05) is 6.07 Å². The third kappa shape index (κ3) is 3.13. The van der Waals surface area contributed by atoms with Crippen molar-refractivity contribution in [3.05, 3.63) is 47.1 Å². The molecule has 1 unspecified atom stereocenters. The third-order valence-electron chi connectivity index (χ3n) is 2.84. The van der Waals surface area contributed by atoms with E-state index in [0.717, 1.165) is 5.56 Å². The van der Waals surface area contributed by atoms with E-state index in [1.807, 2.05) is 37.3 Å². The van der Waals surface area contributed by atoms with Crippen LogP contribution in [0.5, 0.6) is 0 Å². The molecule has 0 aliphatic rings. The molecular formula is C13H15ClN4O. The average Bonchev–Trinajstić information content (AvgIpc) is 2.38. The van der Waals surface area contributed by atoms with Gasteiger partial charge in [0.05, 0.1) is 12.1 Å². The average molecular weight is 279 g/mol. The minimum absolute atomic E-state index is 0.0864. The fourth-order valence-electron chi connectivity index (χ4n) is 1.79. The van der Waals surface area contributed by atoms with Crippen LogP contribution in [-0.4, -0.2) is 21.7 Å². The van der Waals surface area contributed by atoms with Crippen molar-refractivity contribution in [2.24, 2.45) is 0 Å². The van der Waals surface area contributed by atoms with Crippen LogP contribution in [0.15, 0.2) is 36.4 Å². The minimum Gasteiger partial charge on any atom is -0.394 e. The fourth-order valence-corrected chi connectivity index (χ4v) is 1.98. The number of nitrogens with zero attached hydrogens (tertiary/aromatic N) is 2. The Morgan fingerprint density at radius 3 is 2.58 bits per heavy atom. The molecule has 6 heteroatoms. The van der Waals surface area contributed by atoms with Crippen molar-refractivity contribution in [2.75, 3.05) is 17.7 Å². The molecule has 0 aliphatic carbocycles. The molecule has 1 aromatic heterocycles. The summed E-state index contributed by atoms with van der Waals surface area (Å²) in [7, 11) is 0. The van der Waals surface area contributed by atoms with Crippen LogP contribution < -0.4 is 11.1 Å². The highest BCUT2D eigenvalue weighted by Gasteiger charge is 2.26. The Bertz CT molecular complexity index is 544. The Balaban J connectivity index is 2.33. The number of benzene rings is 1. The predicted octanol–water partition coefficient (Wildman–Crippen LogP) is 2.03. The van der Waals surface area contributed by atoms with Gasteiger partial charge in [0.1, 0.15) is 11.0 Å². The molecule has 0 fully saturated rings. The monoisotopic (exact) mass is 278 g/mol. The highest BCUT2D eigenvalue weighted by molar-refractivity contribution is 6.29. The van der Waals surface area contributed by atoms with E-state index in [1.54, 1.807) is 6.07 Å². The van der Waals surface area contributed by atoms with Crippen LogP contribution in [0.3, 0.4) is 0 Å². The number of aliphatic hydroxyl groups is 1. The molecule has 4 N–H and O–H groups in total. The Morgan fingerprint density at radius 2 is 2.00 bits per heavy atom. The Morgan fingerprint density at radius 1 is 1.32 bits per heavy atom. The summed E-state index contributed by atoms with van der Waals surface area (Å²) in [6.07, 6.45) is 0. The molecule has 0 bridgehead atoms. The molecule has 19 heavy (non-hydrogen) atoms. The van der Waals surface area contributed by atoms with E-state index in [0.29, 0.717) is 5.82 Å². The maximum absolute atomic E-state index is 9.67. The maximum Gasteiger partial charge on any atom is 0.223 e. The lowest BCUT2D eigenvalue weighted by Crippen LogP contribution is -2.36. The van der Waals surface area contributed by atoms with Crippen LogP contribution in [0, 0.1) is 0 Å². The number of nitrogens with one attached hydrogen (secondary N) is 1. The largest absolute Gasteiger partial charge is 0.394 e. The number of nitrogen functional groups attached to an aromatic ring is 1. The molecule has 0 spiro atoms. The van der Waals surface area contributed by atoms with E-state index in [9.17, 15) is 5.11 Å². The van der Waals surface area contributed by atoms with Crippen LogP contribution >= 0.6 is 11.6 Å². The number of anilines is 2. The Kier molecular flexibility index (Phi) is 3.87. The molecule has 1 aromatic carbocycles. The van der Waals surface area contributed by atoms with E-state index in [-0.39, 0.29) is 17.7 Å². The molecule has 0 aliphatic heterocycles. The fraction of sp³-hybridized carbons (Fsp3) is 0.231. The molecule has 5 nitrogen and oxygen atoms in total. The maximum atomic E-state index is 9.67. The standard InChI is InChI=1S/C13H15ClN4O/c1-13(8-19,9-5-3-2-4-6-9)18-11-7-10(14)16-12(15)17-11/h2-7,19H,8H2,1H3,(H3,15,16,17,18). The van der Waals surface area contributed by atoms with E-state index in [4.69, 9.17) is 17.3 Å². The highest BCUT2D eigenvalue weighted by atomic mass is 35.5. The topological polar surface area (TPSA) is 84.1 Å². The third-order valence-corrected chi connectivity index (χ3v) is 3.04. The molecule has 1 atom stereocenters. The van der Waals surface area contributed by atoms with Gasteiger partial charge in [0.2, 0.25) is 5.95 Å². The van der Waals surface area contributed by atoms with Crippen molar-refractivity contribution < 1.29 is 5.11 Å². The zero-order chi connectivity index (χ0) is 13.9. The van der Waals surface area contributed by atoms with Crippen molar-refractivity contribution in [2.45, 2.75) is 12.5 Å². The number of halogens is 1. The molecule has 0 saturated heterocycles. The van der Waals surface area contributed by atoms with Crippen LogP contribution in [0.2, 0.25) is 5.15 Å². The van der Waals surface area contributed by atoms with Crippen LogP contribution in [0.4, 0.5) is 11.8 Å². The van der Waals surface area contributed by atoms with Gasteiger partial charge in [-0.1, -0.05) is 41.9 Å². The van der Waals surface area contributed by atoms with Gasteiger partial charge in [-0.2, -0.15) is 4.98 Å². The second-order valence-corrected chi connectivity index (χ2v) is 4.80. The van der Waals surface area contributed by atoms with E-state index in [1.165, 1.54) is 0 Å².